The van der Waals surface area contributed by atoms with Crippen LogP contribution in [-0.2, 0) is 0 Å². The molecule has 4 heteroatoms. The predicted octanol–water partition coefficient (Wildman–Crippen LogP) is 3.55. The van der Waals surface area contributed by atoms with Gasteiger partial charge >= 0.3 is 0 Å². The van der Waals surface area contributed by atoms with Gasteiger partial charge < -0.3 is 10.1 Å². The third-order valence-electron chi connectivity index (χ3n) is 3.06. The first-order valence-electron chi connectivity index (χ1n) is 5.76. The summed E-state index contributed by atoms with van der Waals surface area (Å²) in [4.78, 5) is 14.5. The number of pyridine rings is 1. The van der Waals surface area contributed by atoms with Crippen LogP contribution in [0.3, 0.4) is 0 Å². The van der Waals surface area contributed by atoms with Gasteiger partial charge in [-0.25, -0.2) is 0 Å². The highest BCUT2D eigenvalue weighted by molar-refractivity contribution is 6.30. The van der Waals surface area contributed by atoms with E-state index in [1.165, 1.54) is 0 Å². The van der Waals surface area contributed by atoms with E-state index in [9.17, 15) is 9.90 Å². The minimum Gasteiger partial charge on any atom is -0.507 e. The monoisotopic (exact) mass is 271 g/mol. The van der Waals surface area contributed by atoms with E-state index in [-0.39, 0.29) is 11.3 Å². The van der Waals surface area contributed by atoms with Gasteiger partial charge in [0.1, 0.15) is 5.75 Å². The number of hydrogen-bond acceptors (Lipinski definition) is 2. The lowest BCUT2D eigenvalue weighted by Crippen LogP contribution is -2.05. The number of aromatic nitrogens is 1. The van der Waals surface area contributed by atoms with E-state index in [0.29, 0.717) is 15.8 Å². The topological polar surface area (TPSA) is 53.1 Å². The minimum atomic E-state index is -0.219. The molecule has 0 aliphatic rings. The Morgan fingerprint density at radius 3 is 2.53 bits per heavy atom. The van der Waals surface area contributed by atoms with Gasteiger partial charge in [-0.15, -0.1) is 0 Å². The van der Waals surface area contributed by atoms with Crippen molar-refractivity contribution in [3.05, 3.63) is 64.0 Å². The molecule has 0 amide bonds. The van der Waals surface area contributed by atoms with Crippen molar-refractivity contribution in [3.8, 4) is 16.9 Å². The number of fused-ring (bicyclic) bond motifs is 1. The standard InChI is InChI=1S/C15H10ClNO2/c16-10-6-4-9(5-7-10)12-8-17-15(19)11-2-1-3-13(18)14(11)12/h1-8,18H,(H,17,19). The average molecular weight is 272 g/mol. The Morgan fingerprint density at radius 1 is 1.05 bits per heavy atom. The molecule has 0 aliphatic heterocycles. The lowest BCUT2D eigenvalue weighted by molar-refractivity contribution is 0.481. The van der Waals surface area contributed by atoms with Gasteiger partial charge in [0.05, 0.1) is 5.39 Å². The van der Waals surface area contributed by atoms with Crippen molar-refractivity contribution in [2.45, 2.75) is 0 Å². The maximum Gasteiger partial charge on any atom is 0.255 e. The second-order valence-electron chi connectivity index (χ2n) is 4.24. The highest BCUT2D eigenvalue weighted by Crippen LogP contribution is 2.32. The number of phenolic OH excluding ortho intramolecular Hbond substituents is 1. The zero-order valence-corrected chi connectivity index (χ0v) is 10.6. The summed E-state index contributed by atoms with van der Waals surface area (Å²) in [5, 5.41) is 11.7. The van der Waals surface area contributed by atoms with Crippen molar-refractivity contribution in [1.29, 1.82) is 0 Å². The summed E-state index contributed by atoms with van der Waals surface area (Å²) in [5.74, 6) is 0.0913. The molecule has 0 radical (unpaired) electrons. The molecule has 0 spiro atoms. The first-order valence-corrected chi connectivity index (χ1v) is 6.14. The summed E-state index contributed by atoms with van der Waals surface area (Å²) in [6.07, 6.45) is 1.60. The zero-order chi connectivity index (χ0) is 13.4. The SMILES string of the molecule is O=c1[nH]cc(-c2ccc(Cl)cc2)c2c(O)cccc12. The van der Waals surface area contributed by atoms with Crippen molar-refractivity contribution in [2.24, 2.45) is 0 Å². The quantitative estimate of drug-likeness (QED) is 0.711. The van der Waals surface area contributed by atoms with E-state index in [0.717, 1.165) is 11.1 Å². The molecule has 0 aliphatic carbocycles. The second kappa shape index (κ2) is 4.44. The van der Waals surface area contributed by atoms with Crippen LogP contribution < -0.4 is 5.56 Å². The molecule has 0 atom stereocenters. The highest BCUT2D eigenvalue weighted by atomic mass is 35.5. The molecule has 3 aromatic rings. The summed E-state index contributed by atoms with van der Waals surface area (Å²) in [7, 11) is 0. The van der Waals surface area contributed by atoms with E-state index in [1.54, 1.807) is 36.5 Å². The summed E-state index contributed by atoms with van der Waals surface area (Å²) in [6.45, 7) is 0. The maximum absolute atomic E-state index is 11.8. The van der Waals surface area contributed by atoms with Gasteiger partial charge in [-0.1, -0.05) is 29.8 Å². The third kappa shape index (κ3) is 1.98. The van der Waals surface area contributed by atoms with Crippen LogP contribution in [0.1, 0.15) is 0 Å². The van der Waals surface area contributed by atoms with Crippen molar-refractivity contribution in [2.75, 3.05) is 0 Å². The van der Waals surface area contributed by atoms with Crippen LogP contribution in [0.15, 0.2) is 53.5 Å². The number of H-pyrrole nitrogens is 1. The number of hydrogen-bond donors (Lipinski definition) is 2. The Hall–Kier alpha value is -2.26. The molecule has 3 rings (SSSR count). The first-order chi connectivity index (χ1) is 9.16. The number of halogens is 1. The molecule has 0 saturated heterocycles. The molecular weight excluding hydrogens is 262 g/mol. The van der Waals surface area contributed by atoms with Crippen LogP contribution in [0.5, 0.6) is 5.75 Å². The number of aromatic amines is 1. The fraction of sp³-hybridized carbons (Fsp3) is 0. The van der Waals surface area contributed by atoms with Crippen LogP contribution in [0.2, 0.25) is 5.02 Å². The highest BCUT2D eigenvalue weighted by Gasteiger charge is 2.10. The summed E-state index contributed by atoms with van der Waals surface area (Å²) >= 11 is 5.87. The Kier molecular flexibility index (Phi) is 2.76. The molecule has 2 aromatic carbocycles. The fourth-order valence-corrected chi connectivity index (χ4v) is 2.28. The number of rotatable bonds is 1. The molecule has 0 unspecified atom stereocenters. The van der Waals surface area contributed by atoms with E-state index in [4.69, 9.17) is 11.6 Å². The molecule has 0 bridgehead atoms. The largest absolute Gasteiger partial charge is 0.507 e. The first kappa shape index (κ1) is 11.8. The normalized spacial score (nSPS) is 10.8. The van der Waals surface area contributed by atoms with Gasteiger partial charge in [0.15, 0.2) is 0 Å². The molecule has 0 saturated carbocycles. The van der Waals surface area contributed by atoms with Gasteiger partial charge in [-0.3, -0.25) is 4.79 Å². The van der Waals surface area contributed by atoms with Gasteiger partial charge in [0.2, 0.25) is 0 Å². The number of aromatic hydroxyl groups is 1. The maximum atomic E-state index is 11.8. The van der Waals surface area contributed by atoms with E-state index >= 15 is 0 Å². The lowest BCUT2D eigenvalue weighted by atomic mass is 10.0. The van der Waals surface area contributed by atoms with Gasteiger partial charge in [-0.2, -0.15) is 0 Å². The summed E-state index contributed by atoms with van der Waals surface area (Å²) in [6, 6.07) is 12.2. The predicted molar refractivity (Wildman–Crippen MR) is 76.7 cm³/mol. The Balaban J connectivity index is 2.39. The summed E-state index contributed by atoms with van der Waals surface area (Å²) in [5.41, 5.74) is 1.43. The molecule has 1 aromatic heterocycles. The molecule has 0 fully saturated rings. The Morgan fingerprint density at radius 2 is 1.79 bits per heavy atom. The van der Waals surface area contributed by atoms with Crippen LogP contribution in [-0.4, -0.2) is 10.1 Å². The van der Waals surface area contributed by atoms with Crippen LogP contribution in [0, 0.1) is 0 Å². The van der Waals surface area contributed by atoms with Gasteiger partial charge in [0, 0.05) is 22.2 Å². The fourth-order valence-electron chi connectivity index (χ4n) is 2.16. The van der Waals surface area contributed by atoms with Crippen molar-refractivity contribution in [3.63, 3.8) is 0 Å². The number of phenols is 1. The molecule has 94 valence electrons. The van der Waals surface area contributed by atoms with Crippen LogP contribution in [0.25, 0.3) is 21.9 Å². The number of nitrogens with one attached hydrogen (secondary N) is 1. The van der Waals surface area contributed by atoms with Crippen molar-refractivity contribution < 1.29 is 5.11 Å². The smallest absolute Gasteiger partial charge is 0.255 e. The van der Waals surface area contributed by atoms with E-state index < -0.39 is 0 Å². The van der Waals surface area contributed by atoms with Crippen LogP contribution >= 0.6 is 11.6 Å². The Bertz CT molecular complexity index is 806. The van der Waals surface area contributed by atoms with Gasteiger partial charge in [0.25, 0.3) is 5.56 Å². The second-order valence-corrected chi connectivity index (χ2v) is 4.67. The zero-order valence-electron chi connectivity index (χ0n) is 9.85. The lowest BCUT2D eigenvalue weighted by Gasteiger charge is -2.08. The molecule has 19 heavy (non-hydrogen) atoms. The van der Waals surface area contributed by atoms with Crippen molar-refractivity contribution in [1.82, 2.24) is 4.98 Å². The molecule has 2 N–H and O–H groups in total. The Labute approximate surface area is 114 Å². The van der Waals surface area contributed by atoms with Crippen molar-refractivity contribution >= 4 is 22.4 Å². The van der Waals surface area contributed by atoms with Gasteiger partial charge in [-0.05, 0) is 29.8 Å². The van der Waals surface area contributed by atoms with E-state index in [2.05, 4.69) is 4.98 Å². The molecule has 3 nitrogen and oxygen atoms in total. The number of benzene rings is 2. The average Bonchev–Trinajstić information content (AvgIpc) is 2.41. The molecular formula is C15H10ClNO2. The minimum absolute atomic E-state index is 0.0913. The third-order valence-corrected chi connectivity index (χ3v) is 3.31. The van der Waals surface area contributed by atoms with E-state index in [1.807, 2.05) is 12.1 Å². The summed E-state index contributed by atoms with van der Waals surface area (Å²) < 4.78 is 0. The van der Waals surface area contributed by atoms with Crippen LogP contribution in [0.4, 0.5) is 0 Å². The molecule has 1 heterocycles.